The molecule has 49 heavy (non-hydrogen) atoms. The summed E-state index contributed by atoms with van der Waals surface area (Å²) in [5.74, 6) is -0.898. The van der Waals surface area contributed by atoms with Crippen LogP contribution in [0.1, 0.15) is 67.7 Å². The largest absolute Gasteiger partial charge is 0.506 e. The summed E-state index contributed by atoms with van der Waals surface area (Å²) in [6.45, 7) is 15.1. The van der Waals surface area contributed by atoms with E-state index in [2.05, 4.69) is 12.5 Å². The highest BCUT2D eigenvalue weighted by Gasteiger charge is 2.54. The molecule has 0 radical (unpaired) electrons. The Balaban J connectivity index is 2.20. The Labute approximate surface area is 288 Å². The van der Waals surface area contributed by atoms with Crippen molar-refractivity contribution in [1.82, 2.24) is 9.80 Å². The van der Waals surface area contributed by atoms with Crippen LogP contribution in [0.4, 0.5) is 9.59 Å². The summed E-state index contributed by atoms with van der Waals surface area (Å²) in [5.41, 5.74) is -2.39. The van der Waals surface area contributed by atoms with Crippen LogP contribution in [0.15, 0.2) is 24.4 Å². The Morgan fingerprint density at radius 2 is 1.86 bits per heavy atom. The number of esters is 2. The lowest BCUT2D eigenvalue weighted by atomic mass is 9.77. The maximum absolute atomic E-state index is 13.7. The molecule has 274 valence electrons. The van der Waals surface area contributed by atoms with E-state index in [1.165, 1.54) is 18.7 Å². The van der Waals surface area contributed by atoms with Crippen molar-refractivity contribution < 1.29 is 57.8 Å². The lowest BCUT2D eigenvalue weighted by Gasteiger charge is -2.46. The molecule has 14 nitrogen and oxygen atoms in total. The smallest absolute Gasteiger partial charge is 0.460 e. The number of nitrogens with zero attached hydrogens (tertiary/aromatic N) is 2. The van der Waals surface area contributed by atoms with Crippen LogP contribution in [-0.2, 0) is 38.0 Å². The molecule has 3 rings (SSSR count). The maximum Gasteiger partial charge on any atom is 0.506 e. The third-order valence-electron chi connectivity index (χ3n) is 9.95. The van der Waals surface area contributed by atoms with Gasteiger partial charge in [-0.25, -0.2) is 9.59 Å². The summed E-state index contributed by atoms with van der Waals surface area (Å²) < 4.78 is 35.7. The predicted octanol–water partition coefficient (Wildman–Crippen LogP) is 3.71. The fourth-order valence-corrected chi connectivity index (χ4v) is 7.15. The number of hydrogen-bond acceptors (Lipinski definition) is 12. The number of allylic oxidation sites excluding steroid dienone is 1. The summed E-state index contributed by atoms with van der Waals surface area (Å²) in [5, 5.41) is 21.4. The molecule has 0 spiro atoms. The van der Waals surface area contributed by atoms with Crippen molar-refractivity contribution in [2.75, 3.05) is 20.6 Å². The predicted molar refractivity (Wildman–Crippen MR) is 176 cm³/mol. The van der Waals surface area contributed by atoms with E-state index in [1.54, 1.807) is 59.0 Å². The van der Waals surface area contributed by atoms with E-state index in [1.807, 2.05) is 6.92 Å². The van der Waals surface area contributed by atoms with Crippen LogP contribution in [0.5, 0.6) is 0 Å². The minimum absolute atomic E-state index is 0.00845. The van der Waals surface area contributed by atoms with Crippen molar-refractivity contribution in [1.29, 1.82) is 0 Å². The summed E-state index contributed by atoms with van der Waals surface area (Å²) in [6, 6.07) is -0.354. The summed E-state index contributed by atoms with van der Waals surface area (Å²) in [7, 11) is 3.31. The molecule has 0 aromatic rings. The topological polar surface area (TPSA) is 171 Å². The van der Waals surface area contributed by atoms with Gasteiger partial charge in [0.25, 0.3) is 0 Å². The maximum atomic E-state index is 13.7. The van der Waals surface area contributed by atoms with E-state index >= 15 is 0 Å². The lowest BCUT2D eigenvalue weighted by molar-refractivity contribution is -0.289. The van der Waals surface area contributed by atoms with Crippen LogP contribution < -0.4 is 0 Å². The van der Waals surface area contributed by atoms with Crippen molar-refractivity contribution in [2.45, 2.75) is 122 Å². The second-order valence-corrected chi connectivity index (χ2v) is 13.8. The van der Waals surface area contributed by atoms with Gasteiger partial charge in [0.05, 0.1) is 30.7 Å². The van der Waals surface area contributed by atoms with Crippen molar-refractivity contribution in [3.63, 3.8) is 0 Å². The van der Waals surface area contributed by atoms with Gasteiger partial charge >= 0.3 is 24.2 Å². The van der Waals surface area contributed by atoms with Crippen LogP contribution in [0, 0.1) is 29.6 Å². The number of cyclic esters (lactones) is 1. The second kappa shape index (κ2) is 15.8. The van der Waals surface area contributed by atoms with Crippen LogP contribution in [-0.4, -0.2) is 119 Å². The molecule has 0 aliphatic carbocycles. The van der Waals surface area contributed by atoms with E-state index in [-0.39, 0.29) is 31.5 Å². The van der Waals surface area contributed by atoms with Gasteiger partial charge in [-0.1, -0.05) is 32.4 Å². The molecule has 0 unspecified atom stereocenters. The van der Waals surface area contributed by atoms with Crippen LogP contribution in [0.25, 0.3) is 0 Å². The number of amides is 1. The Bertz CT molecular complexity index is 1330. The number of hydrogen-bond donors (Lipinski definition) is 2. The van der Waals surface area contributed by atoms with Gasteiger partial charge in [-0.05, 0) is 46.1 Å². The van der Waals surface area contributed by atoms with E-state index in [4.69, 9.17) is 34.8 Å². The first kappa shape index (κ1) is 39.6. The molecular weight excluding hydrogens is 640 g/mol. The van der Waals surface area contributed by atoms with Crippen molar-refractivity contribution in [3.8, 4) is 12.3 Å². The summed E-state index contributed by atoms with van der Waals surface area (Å²) in [6.07, 6.45) is 0.806. The minimum Gasteiger partial charge on any atom is -0.460 e. The van der Waals surface area contributed by atoms with Gasteiger partial charge in [-0.2, -0.15) is 0 Å². The molecule has 0 saturated carbocycles. The average molecular weight is 693 g/mol. The van der Waals surface area contributed by atoms with Crippen LogP contribution >= 0.6 is 0 Å². The highest BCUT2D eigenvalue weighted by atomic mass is 16.7. The summed E-state index contributed by atoms with van der Waals surface area (Å²) >= 11 is 0. The minimum atomic E-state index is -1.56. The van der Waals surface area contributed by atoms with E-state index in [9.17, 15) is 29.4 Å². The lowest BCUT2D eigenvalue weighted by Crippen LogP contribution is -2.58. The number of carbonyl (C=O) groups is 4. The molecule has 2 N–H and O–H groups in total. The first-order chi connectivity index (χ1) is 22.8. The zero-order valence-electron chi connectivity index (χ0n) is 29.9. The standard InChI is InChI=1S/C35H52N2O12/c1-12-23-16-35(9,49-22(7)38)29(48-31-28-24(15-19(4)44-31)37(11)32(41)47-28)20(5)27(39)21(6)30(40)45-25(13-2)34(8,14-3)26(46-33(42)43)18-36(10)17-23/h3,12,17,19-21,24-29,31,39H,1,13,15-16,18H2,2,4-11H3,(H,42,43)/b23-17-/t19-,20+,21-,24+,25-,26-,27-,28-,29-,31+,34+,35-/m1/s1. The van der Waals surface area contributed by atoms with Gasteiger partial charge < -0.3 is 48.4 Å². The van der Waals surface area contributed by atoms with Gasteiger partial charge in [-0.3, -0.25) is 9.59 Å². The van der Waals surface area contributed by atoms with Crippen molar-refractivity contribution in [3.05, 3.63) is 24.4 Å². The number of rotatable bonds is 6. The monoisotopic (exact) mass is 692 g/mol. The Morgan fingerprint density at radius 3 is 2.41 bits per heavy atom. The number of carbonyl (C=O) groups excluding carboxylic acids is 3. The number of likely N-dealkylation sites (N-methyl/N-ethyl adjacent to an activating group) is 2. The highest BCUT2D eigenvalue weighted by molar-refractivity contribution is 5.73. The molecule has 1 amide bonds. The first-order valence-corrected chi connectivity index (χ1v) is 16.5. The molecule has 0 bridgehead atoms. The van der Waals surface area contributed by atoms with Gasteiger partial charge in [0, 0.05) is 39.6 Å². The molecule has 3 aliphatic heterocycles. The van der Waals surface area contributed by atoms with Gasteiger partial charge in [-0.15, -0.1) is 6.42 Å². The third kappa shape index (κ3) is 8.69. The summed E-state index contributed by atoms with van der Waals surface area (Å²) in [4.78, 5) is 54.0. The fraction of sp³-hybridized carbons (Fsp3) is 0.714. The van der Waals surface area contributed by atoms with Crippen LogP contribution in [0.3, 0.4) is 0 Å². The molecule has 12 atom stereocenters. The third-order valence-corrected chi connectivity index (χ3v) is 9.95. The Kier molecular flexibility index (Phi) is 12.8. The molecular formula is C35H52N2O12. The number of aliphatic hydroxyl groups is 1. The molecule has 2 saturated heterocycles. The van der Waals surface area contributed by atoms with Crippen LogP contribution in [0.2, 0.25) is 0 Å². The highest BCUT2D eigenvalue weighted by Crippen LogP contribution is 2.40. The Hall–Kier alpha value is -3.80. The first-order valence-electron chi connectivity index (χ1n) is 16.5. The molecule has 2 fully saturated rings. The van der Waals surface area contributed by atoms with Gasteiger partial charge in [0.1, 0.15) is 29.3 Å². The molecule has 14 heteroatoms. The van der Waals surface area contributed by atoms with Crippen molar-refractivity contribution in [2.24, 2.45) is 17.3 Å². The normalized spacial score (nSPS) is 40.2. The van der Waals surface area contributed by atoms with Crippen molar-refractivity contribution >= 4 is 24.2 Å². The van der Waals surface area contributed by atoms with Gasteiger partial charge in [0.2, 0.25) is 0 Å². The number of ether oxygens (including phenoxy) is 6. The number of terminal acetylenes is 1. The second-order valence-electron chi connectivity index (χ2n) is 13.8. The van der Waals surface area contributed by atoms with E-state index < -0.39 is 83.8 Å². The number of aliphatic hydroxyl groups excluding tert-OH is 1. The van der Waals surface area contributed by atoms with Gasteiger partial charge in [0.15, 0.2) is 12.4 Å². The van der Waals surface area contributed by atoms with E-state index in [0.29, 0.717) is 12.0 Å². The average Bonchev–Trinajstić information content (AvgIpc) is 3.31. The zero-order valence-corrected chi connectivity index (χ0v) is 29.9. The number of carboxylic acid groups (broad SMARTS) is 1. The fourth-order valence-electron chi connectivity index (χ4n) is 7.15. The molecule has 0 aromatic carbocycles. The SMILES string of the molecule is C#C[C@]1(C)[C@H](OC(=O)O)CN(C)/C=C(/C=C)C[C@@](C)(OC(C)=O)[C@H](O[C@@H]2O[C@H](C)C[C@H]3[C@H]2OC(=O)N3C)[C@@H](C)[C@@H](O)[C@@H](C)C(=O)O[C@@H]1CC. The quantitative estimate of drug-likeness (QED) is 0.235. The Morgan fingerprint density at radius 1 is 1.20 bits per heavy atom. The number of fused-ring (bicyclic) bond motifs is 1. The molecule has 0 aromatic heterocycles. The zero-order chi connectivity index (χ0) is 37.0. The molecule has 3 heterocycles. The molecule has 3 aliphatic rings. The van der Waals surface area contributed by atoms with E-state index in [0.717, 1.165) is 0 Å².